The van der Waals surface area contributed by atoms with Crippen LogP contribution in [0.5, 0.6) is 5.88 Å². The van der Waals surface area contributed by atoms with Crippen molar-refractivity contribution in [1.82, 2.24) is 14.8 Å². The molecule has 1 aromatic heterocycles. The van der Waals surface area contributed by atoms with Gasteiger partial charge in [0.1, 0.15) is 11.9 Å². The number of alkyl halides is 3. The molecule has 0 aliphatic carbocycles. The lowest BCUT2D eigenvalue weighted by molar-refractivity contribution is -0.143. The molecule has 0 bridgehead atoms. The van der Waals surface area contributed by atoms with Crippen molar-refractivity contribution in [1.29, 1.82) is 0 Å². The second-order valence-electron chi connectivity index (χ2n) is 10.8. The molecule has 3 fully saturated rings. The van der Waals surface area contributed by atoms with Crippen LogP contribution in [-0.2, 0) is 4.74 Å². The van der Waals surface area contributed by atoms with Gasteiger partial charge in [0.25, 0.3) is 0 Å². The van der Waals surface area contributed by atoms with Crippen LogP contribution in [-0.4, -0.2) is 92.6 Å². The molecule has 3 aliphatic heterocycles. The molecule has 3 aliphatic rings. The lowest BCUT2D eigenvalue weighted by Crippen LogP contribution is -2.36. The summed E-state index contributed by atoms with van der Waals surface area (Å²) in [7, 11) is 2.08. The van der Waals surface area contributed by atoms with Crippen LogP contribution in [0, 0.1) is 12.8 Å². The van der Waals surface area contributed by atoms with Crippen molar-refractivity contribution < 1.29 is 27.4 Å². The number of anilines is 2. The van der Waals surface area contributed by atoms with Crippen LogP contribution in [0.25, 0.3) is 11.1 Å². The Bertz CT molecular complexity index is 1170. The predicted molar refractivity (Wildman–Crippen MR) is 143 cm³/mol. The number of halogens is 3. The summed E-state index contributed by atoms with van der Waals surface area (Å²) < 4.78 is 50.2. The van der Waals surface area contributed by atoms with Gasteiger partial charge in [-0.1, -0.05) is 6.07 Å². The summed E-state index contributed by atoms with van der Waals surface area (Å²) in [4.78, 5) is 23.6. The smallest absolute Gasteiger partial charge is 0.389 e. The Hall–Kier alpha value is -3.05. The Kier molecular flexibility index (Phi) is 8.18. The molecule has 1 aromatic carbocycles. The Morgan fingerprint density at radius 1 is 1.10 bits per heavy atom. The van der Waals surface area contributed by atoms with E-state index in [9.17, 15) is 18.0 Å². The first-order valence-electron chi connectivity index (χ1n) is 13.6. The van der Waals surface area contributed by atoms with E-state index in [1.807, 2.05) is 37.3 Å². The van der Waals surface area contributed by atoms with Crippen LogP contribution in [0.4, 0.5) is 29.5 Å². The number of ether oxygens (including phenoxy) is 2. The topological polar surface area (TPSA) is 70.2 Å². The Labute approximate surface area is 227 Å². The Balaban J connectivity index is 1.36. The molecule has 39 heavy (non-hydrogen) atoms. The minimum absolute atomic E-state index is 0.0728. The molecule has 3 saturated heterocycles. The van der Waals surface area contributed by atoms with E-state index in [0.717, 1.165) is 55.1 Å². The number of hydrogen-bond acceptors (Lipinski definition) is 6. The minimum Gasteiger partial charge on any atom is -0.473 e. The molecule has 2 amide bonds. The van der Waals surface area contributed by atoms with Crippen LogP contribution in [0.2, 0.25) is 0 Å². The summed E-state index contributed by atoms with van der Waals surface area (Å²) in [6.07, 6.45) is -3.71. The third kappa shape index (κ3) is 7.13. The Morgan fingerprint density at radius 3 is 2.62 bits per heavy atom. The lowest BCUT2D eigenvalue weighted by atomic mass is 10.00. The molecule has 0 spiro atoms. The number of morpholine rings is 1. The third-order valence-electron chi connectivity index (χ3n) is 7.65. The number of aromatic nitrogens is 1. The van der Waals surface area contributed by atoms with Crippen molar-refractivity contribution in [2.45, 2.75) is 38.5 Å². The number of benzene rings is 1. The predicted octanol–water partition coefficient (Wildman–Crippen LogP) is 4.78. The number of nitrogens with zero attached hydrogens (tertiary/aromatic N) is 4. The highest BCUT2D eigenvalue weighted by Crippen LogP contribution is 2.34. The summed E-state index contributed by atoms with van der Waals surface area (Å²) in [5, 5.41) is 2.89. The zero-order valence-electron chi connectivity index (χ0n) is 22.5. The number of carbonyl (C=O) groups is 1. The number of urea groups is 1. The van der Waals surface area contributed by atoms with Crippen molar-refractivity contribution in [2.75, 3.05) is 69.7 Å². The second kappa shape index (κ2) is 11.6. The summed E-state index contributed by atoms with van der Waals surface area (Å²) in [6.45, 7) is 7.00. The lowest BCUT2D eigenvalue weighted by Gasteiger charge is -2.29. The van der Waals surface area contributed by atoms with Gasteiger partial charge in [-0.2, -0.15) is 18.2 Å². The molecule has 11 heteroatoms. The average molecular weight is 548 g/mol. The highest BCUT2D eigenvalue weighted by Gasteiger charge is 2.36. The van der Waals surface area contributed by atoms with Crippen LogP contribution < -0.4 is 15.0 Å². The monoisotopic (exact) mass is 547 g/mol. The molecule has 1 unspecified atom stereocenters. The first-order valence-corrected chi connectivity index (χ1v) is 13.6. The number of likely N-dealkylation sites (N-methyl/N-ethyl adjacent to an activating group) is 1. The molecule has 0 saturated carbocycles. The molecule has 212 valence electrons. The standard InChI is InChI=1S/C28H36F3N5O3/c1-19-3-4-22(32-27(37)36-8-5-20(17-36)16-28(29,30)31)15-24(19)21-13-25(35-9-11-38-12-10-35)33-26(14-21)39-23-6-7-34(2)18-23/h3-4,13-15,20,23H,5-12,16-18H2,1-2H3,(H,32,37)/t20?,23-/m0/s1. The van der Waals surface area contributed by atoms with Crippen molar-refractivity contribution in [3.8, 4) is 17.0 Å². The molecule has 2 aromatic rings. The fourth-order valence-electron chi connectivity index (χ4n) is 5.55. The molecule has 8 nitrogen and oxygen atoms in total. The van der Waals surface area contributed by atoms with Gasteiger partial charge in [0, 0.05) is 57.4 Å². The zero-order chi connectivity index (χ0) is 27.6. The number of amides is 2. The molecule has 5 rings (SSSR count). The van der Waals surface area contributed by atoms with E-state index in [1.54, 1.807) is 0 Å². The van der Waals surface area contributed by atoms with Gasteiger partial charge < -0.3 is 29.5 Å². The van der Waals surface area contributed by atoms with E-state index >= 15 is 0 Å². The quantitative estimate of drug-likeness (QED) is 0.561. The summed E-state index contributed by atoms with van der Waals surface area (Å²) in [5.41, 5.74) is 3.46. The number of nitrogens with one attached hydrogen (secondary N) is 1. The van der Waals surface area contributed by atoms with Gasteiger partial charge in [0.15, 0.2) is 0 Å². The molecule has 1 N–H and O–H groups in total. The maximum Gasteiger partial charge on any atom is 0.389 e. The number of aryl methyl sites for hydroxylation is 1. The first kappa shape index (κ1) is 27.5. The van der Waals surface area contributed by atoms with Crippen LogP contribution >= 0.6 is 0 Å². The maximum absolute atomic E-state index is 12.9. The maximum atomic E-state index is 12.9. The van der Waals surface area contributed by atoms with E-state index in [2.05, 4.69) is 22.2 Å². The van der Waals surface area contributed by atoms with Gasteiger partial charge in [-0.15, -0.1) is 0 Å². The molecule has 2 atom stereocenters. The number of hydrogen-bond donors (Lipinski definition) is 1. The van der Waals surface area contributed by atoms with Gasteiger partial charge in [0.05, 0.1) is 13.2 Å². The van der Waals surface area contributed by atoms with Crippen molar-refractivity contribution in [3.05, 3.63) is 35.9 Å². The number of pyridine rings is 1. The second-order valence-corrected chi connectivity index (χ2v) is 10.8. The van der Waals surface area contributed by atoms with Crippen molar-refractivity contribution >= 4 is 17.5 Å². The normalized spacial score (nSPS) is 22.4. The highest BCUT2D eigenvalue weighted by atomic mass is 19.4. The Morgan fingerprint density at radius 2 is 1.90 bits per heavy atom. The van der Waals surface area contributed by atoms with Gasteiger partial charge in [-0.05, 0) is 67.6 Å². The SMILES string of the molecule is Cc1ccc(NC(=O)N2CCC(CC(F)(F)F)C2)cc1-c1cc(O[C@H]2CCN(C)C2)nc(N2CCOCC2)c1. The van der Waals surface area contributed by atoms with Crippen LogP contribution in [0.1, 0.15) is 24.8 Å². The zero-order valence-corrected chi connectivity index (χ0v) is 22.5. The number of carbonyl (C=O) groups excluding carboxylic acids is 1. The van der Waals surface area contributed by atoms with Crippen molar-refractivity contribution in [3.63, 3.8) is 0 Å². The molecule has 4 heterocycles. The largest absolute Gasteiger partial charge is 0.473 e. The van der Waals surface area contributed by atoms with E-state index in [1.165, 1.54) is 4.90 Å². The summed E-state index contributed by atoms with van der Waals surface area (Å²) in [5.74, 6) is 0.826. The van der Waals surface area contributed by atoms with Crippen LogP contribution in [0.3, 0.4) is 0 Å². The van der Waals surface area contributed by atoms with E-state index in [0.29, 0.717) is 37.7 Å². The number of likely N-dealkylation sites (tertiary alicyclic amines) is 2. The van der Waals surface area contributed by atoms with Gasteiger partial charge in [-0.3, -0.25) is 0 Å². The van der Waals surface area contributed by atoms with Gasteiger partial charge in [-0.25, -0.2) is 4.79 Å². The molecular weight excluding hydrogens is 511 g/mol. The number of rotatable bonds is 6. The molecule has 0 radical (unpaired) electrons. The van der Waals surface area contributed by atoms with Crippen LogP contribution in [0.15, 0.2) is 30.3 Å². The fraction of sp³-hybridized carbons (Fsp3) is 0.571. The van der Waals surface area contributed by atoms with Gasteiger partial charge in [0.2, 0.25) is 5.88 Å². The van der Waals surface area contributed by atoms with Gasteiger partial charge >= 0.3 is 12.2 Å². The average Bonchev–Trinajstić information content (AvgIpc) is 3.53. The van der Waals surface area contributed by atoms with E-state index < -0.39 is 18.5 Å². The van der Waals surface area contributed by atoms with E-state index in [4.69, 9.17) is 14.5 Å². The fourth-order valence-corrected chi connectivity index (χ4v) is 5.55. The highest BCUT2D eigenvalue weighted by molar-refractivity contribution is 5.90. The summed E-state index contributed by atoms with van der Waals surface area (Å²) >= 11 is 0. The summed E-state index contributed by atoms with van der Waals surface area (Å²) in [6, 6.07) is 9.25. The first-order chi connectivity index (χ1) is 18.6. The van der Waals surface area contributed by atoms with E-state index in [-0.39, 0.29) is 18.7 Å². The minimum atomic E-state index is -4.22. The molecular formula is C28H36F3N5O3. The van der Waals surface area contributed by atoms with Crippen molar-refractivity contribution in [2.24, 2.45) is 5.92 Å². The third-order valence-corrected chi connectivity index (χ3v) is 7.65.